The molecular formula is C11H16ClNO. The first-order valence-electron chi connectivity index (χ1n) is 4.81. The zero-order chi connectivity index (χ0) is 10.4. The smallest absolute Gasteiger partial charge is 0.122 e. The van der Waals surface area contributed by atoms with Crippen molar-refractivity contribution < 1.29 is 4.74 Å². The summed E-state index contributed by atoms with van der Waals surface area (Å²) in [5, 5.41) is 3.22. The lowest BCUT2D eigenvalue weighted by Crippen LogP contribution is -2.03. The second-order valence-corrected chi connectivity index (χ2v) is 3.41. The molecule has 0 unspecified atom stereocenters. The molecule has 0 aliphatic rings. The van der Waals surface area contributed by atoms with E-state index in [-0.39, 0.29) is 0 Å². The molecule has 0 radical (unpaired) electrons. The van der Waals surface area contributed by atoms with Crippen molar-refractivity contribution >= 4 is 17.3 Å². The summed E-state index contributed by atoms with van der Waals surface area (Å²) in [7, 11) is 0. The topological polar surface area (TPSA) is 21.3 Å². The minimum Gasteiger partial charge on any atom is -0.494 e. The number of nitrogens with one attached hydrogen (secondary N) is 1. The summed E-state index contributed by atoms with van der Waals surface area (Å²) < 4.78 is 5.44. The Labute approximate surface area is 90.2 Å². The van der Waals surface area contributed by atoms with Gasteiger partial charge in [0.05, 0.1) is 6.61 Å². The van der Waals surface area contributed by atoms with Gasteiger partial charge in [-0.1, -0.05) is 0 Å². The number of benzene rings is 1. The molecule has 0 aliphatic carbocycles. The molecule has 0 bridgehead atoms. The van der Waals surface area contributed by atoms with E-state index in [1.807, 2.05) is 26.0 Å². The van der Waals surface area contributed by atoms with Crippen molar-refractivity contribution in [2.24, 2.45) is 0 Å². The lowest BCUT2D eigenvalue weighted by molar-refractivity contribution is 0.338. The molecule has 1 N–H and O–H groups in total. The summed E-state index contributed by atoms with van der Waals surface area (Å²) in [5.74, 6) is 1.57. The van der Waals surface area contributed by atoms with Crippen LogP contribution in [0.5, 0.6) is 5.75 Å². The van der Waals surface area contributed by atoms with Crippen LogP contribution < -0.4 is 10.1 Å². The second-order valence-electron chi connectivity index (χ2n) is 3.03. The predicted molar refractivity (Wildman–Crippen MR) is 61.6 cm³/mol. The van der Waals surface area contributed by atoms with Crippen LogP contribution in [0.25, 0.3) is 0 Å². The van der Waals surface area contributed by atoms with Crippen molar-refractivity contribution in [2.45, 2.75) is 13.8 Å². The molecule has 1 aromatic rings. The third-order valence-corrected chi connectivity index (χ3v) is 2.09. The molecule has 0 spiro atoms. The van der Waals surface area contributed by atoms with E-state index in [1.165, 1.54) is 0 Å². The quantitative estimate of drug-likeness (QED) is 0.760. The van der Waals surface area contributed by atoms with Gasteiger partial charge in [0.25, 0.3) is 0 Å². The molecule has 2 nitrogen and oxygen atoms in total. The molecule has 78 valence electrons. The molecule has 0 fully saturated rings. The SMILES string of the molecule is CCOc1ccc(NCCCl)cc1C. The van der Waals surface area contributed by atoms with Crippen molar-refractivity contribution in [3.05, 3.63) is 23.8 Å². The molecule has 0 saturated carbocycles. The largest absolute Gasteiger partial charge is 0.494 e. The van der Waals surface area contributed by atoms with Gasteiger partial charge in [-0.2, -0.15) is 0 Å². The maximum absolute atomic E-state index is 5.59. The van der Waals surface area contributed by atoms with E-state index >= 15 is 0 Å². The van der Waals surface area contributed by atoms with Crippen LogP contribution in [0.2, 0.25) is 0 Å². The maximum Gasteiger partial charge on any atom is 0.122 e. The van der Waals surface area contributed by atoms with Crippen LogP contribution in [0.15, 0.2) is 18.2 Å². The number of ether oxygens (including phenoxy) is 1. The molecule has 14 heavy (non-hydrogen) atoms. The number of hydrogen-bond donors (Lipinski definition) is 1. The predicted octanol–water partition coefficient (Wildman–Crippen LogP) is 3.04. The summed E-state index contributed by atoms with van der Waals surface area (Å²) in [6.07, 6.45) is 0. The number of rotatable bonds is 5. The van der Waals surface area contributed by atoms with Gasteiger partial charge in [-0.25, -0.2) is 0 Å². The first-order valence-corrected chi connectivity index (χ1v) is 5.34. The van der Waals surface area contributed by atoms with Crippen molar-refractivity contribution in [1.82, 2.24) is 0 Å². The molecular weight excluding hydrogens is 198 g/mol. The number of anilines is 1. The van der Waals surface area contributed by atoms with E-state index < -0.39 is 0 Å². The molecule has 0 aliphatic heterocycles. The van der Waals surface area contributed by atoms with Gasteiger partial charge in [0.15, 0.2) is 0 Å². The van der Waals surface area contributed by atoms with Crippen LogP contribution in [0.3, 0.4) is 0 Å². The van der Waals surface area contributed by atoms with E-state index in [0.29, 0.717) is 12.5 Å². The minimum absolute atomic E-state index is 0.617. The van der Waals surface area contributed by atoms with Crippen molar-refractivity contribution in [3.63, 3.8) is 0 Å². The Hall–Kier alpha value is -0.890. The van der Waals surface area contributed by atoms with Gasteiger partial charge >= 0.3 is 0 Å². The van der Waals surface area contributed by atoms with Gasteiger partial charge in [0, 0.05) is 18.1 Å². The van der Waals surface area contributed by atoms with Gasteiger partial charge in [-0.15, -0.1) is 11.6 Å². The van der Waals surface area contributed by atoms with Crippen molar-refractivity contribution in [2.75, 3.05) is 24.3 Å². The maximum atomic E-state index is 5.59. The van der Waals surface area contributed by atoms with Gasteiger partial charge in [0.2, 0.25) is 0 Å². The lowest BCUT2D eigenvalue weighted by atomic mass is 10.2. The van der Waals surface area contributed by atoms with Gasteiger partial charge in [-0.3, -0.25) is 0 Å². The fourth-order valence-corrected chi connectivity index (χ4v) is 1.36. The van der Waals surface area contributed by atoms with E-state index in [4.69, 9.17) is 16.3 Å². The minimum atomic E-state index is 0.617. The Kier molecular flexibility index (Phi) is 4.60. The number of hydrogen-bond acceptors (Lipinski definition) is 2. The monoisotopic (exact) mass is 213 g/mol. The van der Waals surface area contributed by atoms with Crippen LogP contribution in [0.4, 0.5) is 5.69 Å². The fourth-order valence-electron chi connectivity index (χ4n) is 1.27. The highest BCUT2D eigenvalue weighted by Gasteiger charge is 1.99. The Balaban J connectivity index is 2.68. The normalized spacial score (nSPS) is 9.93. The van der Waals surface area contributed by atoms with E-state index in [9.17, 15) is 0 Å². The Morgan fingerprint density at radius 1 is 1.43 bits per heavy atom. The van der Waals surface area contributed by atoms with Crippen LogP contribution in [-0.4, -0.2) is 19.0 Å². The standard InChI is InChI=1S/C11H16ClNO/c1-3-14-11-5-4-10(8-9(11)2)13-7-6-12/h4-5,8,13H,3,6-7H2,1-2H3. The highest BCUT2D eigenvalue weighted by atomic mass is 35.5. The van der Waals surface area contributed by atoms with Crippen LogP contribution in [0, 0.1) is 6.92 Å². The Bertz CT molecular complexity index is 289. The number of alkyl halides is 1. The van der Waals surface area contributed by atoms with Gasteiger partial charge in [-0.05, 0) is 37.6 Å². The average Bonchev–Trinajstić information content (AvgIpc) is 2.19. The van der Waals surface area contributed by atoms with Crippen molar-refractivity contribution in [1.29, 1.82) is 0 Å². The third-order valence-electron chi connectivity index (χ3n) is 1.90. The molecule has 1 aromatic carbocycles. The van der Waals surface area contributed by atoms with Gasteiger partial charge in [0.1, 0.15) is 5.75 Å². The van der Waals surface area contributed by atoms with Crippen LogP contribution >= 0.6 is 11.6 Å². The van der Waals surface area contributed by atoms with Crippen LogP contribution in [-0.2, 0) is 0 Å². The molecule has 0 aromatic heterocycles. The summed E-state index contributed by atoms with van der Waals surface area (Å²) in [5.41, 5.74) is 2.23. The molecule has 1 rings (SSSR count). The zero-order valence-electron chi connectivity index (χ0n) is 8.64. The van der Waals surface area contributed by atoms with Crippen molar-refractivity contribution in [3.8, 4) is 5.75 Å². The Morgan fingerprint density at radius 3 is 2.79 bits per heavy atom. The zero-order valence-corrected chi connectivity index (χ0v) is 9.40. The fraction of sp³-hybridized carbons (Fsp3) is 0.455. The first kappa shape index (κ1) is 11.2. The van der Waals surface area contributed by atoms with E-state index in [1.54, 1.807) is 0 Å². The molecule has 0 heterocycles. The number of halogens is 1. The summed E-state index contributed by atoms with van der Waals surface area (Å²) in [4.78, 5) is 0. The third kappa shape index (κ3) is 3.11. The second kappa shape index (κ2) is 5.76. The Morgan fingerprint density at radius 2 is 2.21 bits per heavy atom. The van der Waals surface area contributed by atoms with Crippen LogP contribution in [0.1, 0.15) is 12.5 Å². The highest BCUT2D eigenvalue weighted by Crippen LogP contribution is 2.21. The number of aryl methyl sites for hydroxylation is 1. The summed E-state index contributed by atoms with van der Waals surface area (Å²) in [6, 6.07) is 6.05. The molecule has 0 atom stereocenters. The summed E-state index contributed by atoms with van der Waals surface area (Å²) >= 11 is 5.59. The van der Waals surface area contributed by atoms with E-state index in [2.05, 4.69) is 11.4 Å². The molecule has 0 saturated heterocycles. The first-order chi connectivity index (χ1) is 6.77. The molecule has 0 amide bonds. The molecule has 3 heteroatoms. The lowest BCUT2D eigenvalue weighted by Gasteiger charge is -2.09. The van der Waals surface area contributed by atoms with E-state index in [0.717, 1.165) is 23.5 Å². The average molecular weight is 214 g/mol. The summed E-state index contributed by atoms with van der Waals surface area (Å²) in [6.45, 7) is 5.51. The highest BCUT2D eigenvalue weighted by molar-refractivity contribution is 6.18. The van der Waals surface area contributed by atoms with Gasteiger partial charge < -0.3 is 10.1 Å².